The number of nitrogen functional groups attached to an aromatic ring is 1. The number of nitrogens with zero attached hydrogens (tertiary/aromatic N) is 4. The van der Waals surface area contributed by atoms with Gasteiger partial charge in [-0.05, 0) is 5.56 Å². The maximum atomic E-state index is 5.74. The Bertz CT molecular complexity index is 533. The average molecular weight is 259 g/mol. The van der Waals surface area contributed by atoms with Crippen molar-refractivity contribution in [3.05, 3.63) is 35.9 Å². The Kier molecular flexibility index (Phi) is 3.33. The van der Waals surface area contributed by atoms with E-state index in [0.717, 1.165) is 32.3 Å². The van der Waals surface area contributed by atoms with Gasteiger partial charge in [-0.3, -0.25) is 0 Å². The lowest BCUT2D eigenvalue weighted by atomic mass is 10.2. The van der Waals surface area contributed by atoms with Gasteiger partial charge in [-0.15, -0.1) is 5.10 Å². The Morgan fingerprint density at radius 2 is 1.89 bits per heavy atom. The van der Waals surface area contributed by atoms with Gasteiger partial charge in [0.05, 0.1) is 19.8 Å². The standard InChI is InChI=1S/C13H17N5O/c14-12-15-13(17-6-8-19-9-7-17)18(16-12)10-11-4-2-1-3-5-11/h1-5H,6-10H2,(H2,14,16). The number of rotatable bonds is 3. The van der Waals surface area contributed by atoms with Gasteiger partial charge in [0.2, 0.25) is 11.9 Å². The molecule has 2 heterocycles. The summed E-state index contributed by atoms with van der Waals surface area (Å²) in [6, 6.07) is 10.2. The number of morpholine rings is 1. The maximum absolute atomic E-state index is 5.74. The summed E-state index contributed by atoms with van der Waals surface area (Å²) in [4.78, 5) is 6.49. The molecule has 100 valence electrons. The first-order chi connectivity index (χ1) is 9.33. The maximum Gasteiger partial charge on any atom is 0.241 e. The van der Waals surface area contributed by atoms with Crippen LogP contribution in [0.3, 0.4) is 0 Å². The topological polar surface area (TPSA) is 69.2 Å². The van der Waals surface area contributed by atoms with Crippen molar-refractivity contribution >= 4 is 11.9 Å². The van der Waals surface area contributed by atoms with Crippen LogP contribution in [-0.4, -0.2) is 41.1 Å². The predicted octanol–water partition coefficient (Wildman–Crippen LogP) is 0.745. The van der Waals surface area contributed by atoms with E-state index in [0.29, 0.717) is 12.5 Å². The van der Waals surface area contributed by atoms with Crippen molar-refractivity contribution in [3.8, 4) is 0 Å². The van der Waals surface area contributed by atoms with Crippen molar-refractivity contribution in [1.29, 1.82) is 0 Å². The number of hydrogen-bond donors (Lipinski definition) is 1. The number of benzene rings is 1. The van der Waals surface area contributed by atoms with Gasteiger partial charge in [-0.1, -0.05) is 30.3 Å². The molecule has 0 unspecified atom stereocenters. The third kappa shape index (κ3) is 2.68. The van der Waals surface area contributed by atoms with Crippen LogP contribution in [0.25, 0.3) is 0 Å². The van der Waals surface area contributed by atoms with Crippen molar-refractivity contribution in [2.75, 3.05) is 36.9 Å². The van der Waals surface area contributed by atoms with E-state index in [9.17, 15) is 0 Å². The number of hydrogen-bond acceptors (Lipinski definition) is 5. The van der Waals surface area contributed by atoms with Gasteiger partial charge < -0.3 is 15.4 Å². The van der Waals surface area contributed by atoms with E-state index in [2.05, 4.69) is 27.1 Å². The first kappa shape index (κ1) is 12.0. The number of ether oxygens (including phenoxy) is 1. The predicted molar refractivity (Wildman–Crippen MR) is 73.0 cm³/mol. The minimum Gasteiger partial charge on any atom is -0.378 e. The second-order valence-corrected chi connectivity index (χ2v) is 4.51. The molecular formula is C13H17N5O. The van der Waals surface area contributed by atoms with E-state index in [-0.39, 0.29) is 0 Å². The largest absolute Gasteiger partial charge is 0.378 e. The molecule has 1 aliphatic heterocycles. The highest BCUT2D eigenvalue weighted by Crippen LogP contribution is 2.16. The molecule has 6 heteroatoms. The second kappa shape index (κ2) is 5.27. The van der Waals surface area contributed by atoms with Crippen LogP contribution in [0.1, 0.15) is 5.56 Å². The highest BCUT2D eigenvalue weighted by Gasteiger charge is 2.18. The lowest BCUT2D eigenvalue weighted by Crippen LogP contribution is -2.38. The zero-order valence-electron chi connectivity index (χ0n) is 10.7. The first-order valence-electron chi connectivity index (χ1n) is 6.40. The molecule has 1 saturated heterocycles. The van der Waals surface area contributed by atoms with Crippen LogP contribution >= 0.6 is 0 Å². The Labute approximate surface area is 111 Å². The van der Waals surface area contributed by atoms with Crippen LogP contribution in [0.4, 0.5) is 11.9 Å². The summed E-state index contributed by atoms with van der Waals surface area (Å²) in [6.45, 7) is 3.77. The van der Waals surface area contributed by atoms with Crippen LogP contribution in [0.15, 0.2) is 30.3 Å². The molecule has 1 aliphatic rings. The first-order valence-corrected chi connectivity index (χ1v) is 6.40. The summed E-state index contributed by atoms with van der Waals surface area (Å²) in [6.07, 6.45) is 0. The molecule has 0 aliphatic carbocycles. The van der Waals surface area contributed by atoms with E-state index in [4.69, 9.17) is 10.5 Å². The second-order valence-electron chi connectivity index (χ2n) is 4.51. The third-order valence-corrected chi connectivity index (χ3v) is 3.14. The van der Waals surface area contributed by atoms with Crippen LogP contribution in [0, 0.1) is 0 Å². The average Bonchev–Trinajstić information content (AvgIpc) is 2.82. The van der Waals surface area contributed by atoms with Crippen LogP contribution in [0.2, 0.25) is 0 Å². The molecular weight excluding hydrogens is 242 g/mol. The molecule has 19 heavy (non-hydrogen) atoms. The van der Waals surface area contributed by atoms with Gasteiger partial charge >= 0.3 is 0 Å². The molecule has 1 aromatic heterocycles. The highest BCUT2D eigenvalue weighted by atomic mass is 16.5. The summed E-state index contributed by atoms with van der Waals surface area (Å²) in [5.41, 5.74) is 6.92. The van der Waals surface area contributed by atoms with E-state index in [1.54, 1.807) is 0 Å². The molecule has 2 aromatic rings. The quantitative estimate of drug-likeness (QED) is 0.880. The number of aromatic nitrogens is 3. The number of anilines is 2. The molecule has 0 saturated carbocycles. The molecule has 0 radical (unpaired) electrons. The van der Waals surface area contributed by atoms with Gasteiger partial charge in [0.15, 0.2) is 0 Å². The summed E-state index contributed by atoms with van der Waals surface area (Å²) >= 11 is 0. The fraction of sp³-hybridized carbons (Fsp3) is 0.385. The summed E-state index contributed by atoms with van der Waals surface area (Å²) in [5.74, 6) is 1.14. The van der Waals surface area contributed by atoms with E-state index < -0.39 is 0 Å². The van der Waals surface area contributed by atoms with Crippen molar-refractivity contribution in [1.82, 2.24) is 14.8 Å². The Morgan fingerprint density at radius 1 is 1.16 bits per heavy atom. The van der Waals surface area contributed by atoms with Gasteiger partial charge in [0.25, 0.3) is 0 Å². The molecule has 6 nitrogen and oxygen atoms in total. The Hall–Kier alpha value is -2.08. The monoisotopic (exact) mass is 259 g/mol. The Morgan fingerprint density at radius 3 is 2.63 bits per heavy atom. The third-order valence-electron chi connectivity index (χ3n) is 3.14. The zero-order valence-corrected chi connectivity index (χ0v) is 10.7. The molecule has 0 atom stereocenters. The molecule has 3 rings (SSSR count). The molecule has 0 amide bonds. The minimum absolute atomic E-state index is 0.317. The lowest BCUT2D eigenvalue weighted by molar-refractivity contribution is 0.121. The number of nitrogens with two attached hydrogens (primary N) is 1. The smallest absolute Gasteiger partial charge is 0.241 e. The Balaban J connectivity index is 1.84. The lowest BCUT2D eigenvalue weighted by Gasteiger charge is -2.27. The van der Waals surface area contributed by atoms with E-state index in [1.807, 2.05) is 22.9 Å². The molecule has 2 N–H and O–H groups in total. The van der Waals surface area contributed by atoms with Gasteiger partial charge in [-0.2, -0.15) is 4.98 Å². The van der Waals surface area contributed by atoms with Crippen LogP contribution < -0.4 is 10.6 Å². The highest BCUT2D eigenvalue weighted by molar-refractivity contribution is 5.37. The van der Waals surface area contributed by atoms with Crippen molar-refractivity contribution in [2.24, 2.45) is 0 Å². The summed E-state index contributed by atoms with van der Waals surface area (Å²) in [7, 11) is 0. The fourth-order valence-electron chi connectivity index (χ4n) is 2.21. The van der Waals surface area contributed by atoms with Crippen molar-refractivity contribution in [2.45, 2.75) is 6.54 Å². The molecule has 0 bridgehead atoms. The normalized spacial score (nSPS) is 15.7. The molecule has 1 aromatic carbocycles. The zero-order chi connectivity index (χ0) is 13.1. The van der Waals surface area contributed by atoms with E-state index >= 15 is 0 Å². The summed E-state index contributed by atoms with van der Waals surface area (Å²) < 4.78 is 7.21. The van der Waals surface area contributed by atoms with Crippen LogP contribution in [-0.2, 0) is 11.3 Å². The van der Waals surface area contributed by atoms with Crippen molar-refractivity contribution in [3.63, 3.8) is 0 Å². The molecule has 0 spiro atoms. The SMILES string of the molecule is Nc1nc(N2CCOCC2)n(Cc2ccccc2)n1. The van der Waals surface area contributed by atoms with Gasteiger partial charge in [0, 0.05) is 13.1 Å². The van der Waals surface area contributed by atoms with Crippen LogP contribution in [0.5, 0.6) is 0 Å². The van der Waals surface area contributed by atoms with Gasteiger partial charge in [-0.25, -0.2) is 4.68 Å². The molecule has 1 fully saturated rings. The fourth-order valence-corrected chi connectivity index (χ4v) is 2.21. The summed E-state index contributed by atoms with van der Waals surface area (Å²) in [5, 5.41) is 4.28. The van der Waals surface area contributed by atoms with Gasteiger partial charge in [0.1, 0.15) is 0 Å². The minimum atomic E-state index is 0.317. The van der Waals surface area contributed by atoms with E-state index in [1.165, 1.54) is 5.56 Å². The van der Waals surface area contributed by atoms with Crippen molar-refractivity contribution < 1.29 is 4.74 Å².